The van der Waals surface area contributed by atoms with E-state index in [9.17, 15) is 24.8 Å². The van der Waals surface area contributed by atoms with Gasteiger partial charge in [-0.2, -0.15) is 5.26 Å². The number of carbonyl (C=O) groups is 3. The fourth-order valence-electron chi connectivity index (χ4n) is 9.81. The Bertz CT molecular complexity index is 1210. The molecule has 0 radical (unpaired) electrons. The van der Waals surface area contributed by atoms with Crippen molar-refractivity contribution in [1.29, 1.82) is 5.26 Å². The molecular formula is C31H41NO5. The van der Waals surface area contributed by atoms with Crippen LogP contribution in [0.15, 0.2) is 23.3 Å². The number of rotatable bonds is 1. The Morgan fingerprint density at radius 1 is 1.08 bits per heavy atom. The van der Waals surface area contributed by atoms with E-state index in [0.717, 1.165) is 24.8 Å². The molecule has 3 saturated carbocycles. The van der Waals surface area contributed by atoms with Crippen molar-refractivity contribution in [2.75, 3.05) is 7.11 Å². The number of allylic oxidation sites excluding steroid dienone is 3. The van der Waals surface area contributed by atoms with Crippen molar-refractivity contribution in [1.82, 2.24) is 0 Å². The van der Waals surface area contributed by atoms with E-state index in [1.807, 2.05) is 6.92 Å². The van der Waals surface area contributed by atoms with Crippen LogP contribution < -0.4 is 0 Å². The Morgan fingerprint density at radius 2 is 1.73 bits per heavy atom. The van der Waals surface area contributed by atoms with Crippen LogP contribution in [0.25, 0.3) is 0 Å². The van der Waals surface area contributed by atoms with Gasteiger partial charge in [0.2, 0.25) is 0 Å². The monoisotopic (exact) mass is 507 g/mol. The van der Waals surface area contributed by atoms with Crippen LogP contribution >= 0.6 is 0 Å². The maximum atomic E-state index is 14.4. The third-order valence-corrected chi connectivity index (χ3v) is 12.3. The van der Waals surface area contributed by atoms with Crippen LogP contribution in [0.3, 0.4) is 0 Å². The molecule has 5 aliphatic carbocycles. The van der Waals surface area contributed by atoms with Crippen LogP contribution in [0.1, 0.15) is 86.5 Å². The Balaban J connectivity index is 1.74. The second-order valence-electron chi connectivity index (χ2n) is 14.2. The first-order chi connectivity index (χ1) is 17.1. The van der Waals surface area contributed by atoms with Gasteiger partial charge in [0.1, 0.15) is 11.7 Å². The van der Waals surface area contributed by atoms with Gasteiger partial charge in [-0.3, -0.25) is 14.4 Å². The lowest BCUT2D eigenvalue weighted by Crippen LogP contribution is -2.74. The second kappa shape index (κ2) is 7.65. The highest BCUT2D eigenvalue weighted by molar-refractivity contribution is 6.04. The molecule has 5 rings (SSSR count). The molecule has 0 amide bonds. The number of nitriles is 1. The van der Waals surface area contributed by atoms with Crippen LogP contribution in [0.4, 0.5) is 0 Å². The number of methoxy groups -OCH3 is 1. The molecule has 1 N–H and O–H groups in total. The standard InChI is InChI=1S/C31H41NO5/c1-18-20-8-9-28(5)21(27(20,4)15-19(17-32)24(18)34)14-23(33)31(36)22-16-26(2,3)10-12-30(22,25(35)37-7)13-11-29(28,31)6/h14-15,18,20,22,36H,8-13,16H2,1-7H3/t18-,20-,22?,27-,28+,29-,30-,31+/m0/s1. The summed E-state index contributed by atoms with van der Waals surface area (Å²) in [6.07, 6.45) is 8.07. The maximum Gasteiger partial charge on any atom is 0.312 e. The summed E-state index contributed by atoms with van der Waals surface area (Å²) in [4.78, 5) is 40.6. The van der Waals surface area contributed by atoms with E-state index in [1.165, 1.54) is 7.11 Å². The minimum absolute atomic E-state index is 0.00891. The molecule has 5 aliphatic rings. The van der Waals surface area contributed by atoms with Gasteiger partial charge in [0.05, 0.1) is 18.1 Å². The Hall–Kier alpha value is -2.26. The lowest BCUT2D eigenvalue weighted by molar-refractivity contribution is -0.247. The molecule has 0 aromatic heterocycles. The average molecular weight is 508 g/mol. The summed E-state index contributed by atoms with van der Waals surface area (Å²) in [5.41, 5.74) is -3.59. The second-order valence-corrected chi connectivity index (χ2v) is 14.2. The lowest BCUT2D eigenvalue weighted by Gasteiger charge is -2.70. The molecule has 0 heterocycles. The van der Waals surface area contributed by atoms with Gasteiger partial charge in [0.15, 0.2) is 11.6 Å². The Morgan fingerprint density at radius 3 is 2.35 bits per heavy atom. The highest BCUT2D eigenvalue weighted by Gasteiger charge is 2.76. The highest BCUT2D eigenvalue weighted by Crippen LogP contribution is 2.75. The molecule has 0 aromatic carbocycles. The van der Waals surface area contributed by atoms with Crippen LogP contribution in [-0.2, 0) is 19.1 Å². The van der Waals surface area contributed by atoms with E-state index in [4.69, 9.17) is 4.74 Å². The number of fused-ring (bicyclic) bond motifs is 7. The fraction of sp³-hybridized carbons (Fsp3) is 0.742. The van der Waals surface area contributed by atoms with E-state index in [0.29, 0.717) is 25.7 Å². The fourth-order valence-corrected chi connectivity index (χ4v) is 9.81. The summed E-state index contributed by atoms with van der Waals surface area (Å²) < 4.78 is 5.33. The van der Waals surface area contributed by atoms with Crippen molar-refractivity contribution in [2.24, 2.45) is 44.8 Å². The first-order valence-electron chi connectivity index (χ1n) is 13.8. The minimum atomic E-state index is -1.71. The molecule has 3 fully saturated rings. The van der Waals surface area contributed by atoms with Crippen LogP contribution in [0, 0.1) is 56.2 Å². The van der Waals surface area contributed by atoms with Crippen molar-refractivity contribution < 1.29 is 24.2 Å². The van der Waals surface area contributed by atoms with Crippen molar-refractivity contribution in [3.8, 4) is 6.07 Å². The minimum Gasteiger partial charge on any atom is -0.469 e. The predicted molar refractivity (Wildman–Crippen MR) is 138 cm³/mol. The quantitative estimate of drug-likeness (QED) is 0.495. The number of nitrogens with zero attached hydrogens (tertiary/aromatic N) is 1. The normalized spacial score (nSPS) is 48.2. The van der Waals surface area contributed by atoms with E-state index >= 15 is 0 Å². The van der Waals surface area contributed by atoms with Crippen LogP contribution in [0.5, 0.6) is 0 Å². The Kier molecular flexibility index (Phi) is 5.45. The third-order valence-electron chi connectivity index (χ3n) is 12.3. The van der Waals surface area contributed by atoms with Gasteiger partial charge in [-0.15, -0.1) is 0 Å². The van der Waals surface area contributed by atoms with Gasteiger partial charge < -0.3 is 9.84 Å². The zero-order valence-corrected chi connectivity index (χ0v) is 23.4. The topological polar surface area (TPSA) is 104 Å². The smallest absolute Gasteiger partial charge is 0.312 e. The summed E-state index contributed by atoms with van der Waals surface area (Å²) >= 11 is 0. The number of esters is 1. The molecule has 0 aromatic rings. The van der Waals surface area contributed by atoms with Crippen molar-refractivity contribution in [3.05, 3.63) is 23.3 Å². The zero-order valence-electron chi connectivity index (χ0n) is 23.4. The number of ether oxygens (including phenoxy) is 1. The molecule has 37 heavy (non-hydrogen) atoms. The summed E-state index contributed by atoms with van der Waals surface area (Å²) in [7, 11) is 1.40. The van der Waals surface area contributed by atoms with Gasteiger partial charge >= 0.3 is 5.97 Å². The van der Waals surface area contributed by atoms with Crippen LogP contribution in [-0.4, -0.2) is 35.4 Å². The van der Waals surface area contributed by atoms with E-state index < -0.39 is 33.2 Å². The van der Waals surface area contributed by atoms with Crippen LogP contribution in [0.2, 0.25) is 0 Å². The number of aliphatic hydroxyl groups is 1. The highest BCUT2D eigenvalue weighted by atomic mass is 16.5. The molecule has 200 valence electrons. The largest absolute Gasteiger partial charge is 0.469 e. The SMILES string of the molecule is COC(=O)[C@]12CCC(C)(C)CC1[C@@]1(O)C(=O)C=C3[C@@]4(C)C=C(C#N)C(=O)[C@@H](C)[C@@H]4CC[C@@]3(C)[C@]1(C)CC2. The molecular weight excluding hydrogens is 466 g/mol. The first kappa shape index (κ1) is 26.4. The van der Waals surface area contributed by atoms with Gasteiger partial charge in [-0.25, -0.2) is 0 Å². The molecule has 8 atom stereocenters. The molecule has 0 bridgehead atoms. The van der Waals surface area contributed by atoms with E-state index in [1.54, 1.807) is 12.2 Å². The molecule has 0 saturated heterocycles. The molecule has 6 nitrogen and oxygen atoms in total. The van der Waals surface area contributed by atoms with Gasteiger partial charge in [-0.05, 0) is 73.3 Å². The average Bonchev–Trinajstić information content (AvgIpc) is 2.84. The first-order valence-corrected chi connectivity index (χ1v) is 13.8. The number of Topliss-reactive ketones (excluding diaryl/α,β-unsaturated/α-hetero) is 1. The molecule has 0 spiro atoms. The summed E-state index contributed by atoms with van der Waals surface area (Å²) in [6, 6.07) is 2.10. The summed E-state index contributed by atoms with van der Waals surface area (Å²) in [6.45, 7) is 12.5. The number of hydrogen-bond acceptors (Lipinski definition) is 6. The lowest BCUT2D eigenvalue weighted by atomic mass is 9.33. The number of hydrogen-bond donors (Lipinski definition) is 1. The van der Waals surface area contributed by atoms with E-state index in [2.05, 4.69) is 40.7 Å². The maximum absolute atomic E-state index is 14.4. The third kappa shape index (κ3) is 2.93. The number of carbonyl (C=O) groups excluding carboxylic acids is 3. The Labute approximate surface area is 220 Å². The summed E-state index contributed by atoms with van der Waals surface area (Å²) in [5, 5.41) is 22.6. The molecule has 0 aliphatic heterocycles. The zero-order chi connectivity index (χ0) is 27.4. The van der Waals surface area contributed by atoms with Gasteiger partial charge in [0.25, 0.3) is 0 Å². The molecule has 6 heteroatoms. The van der Waals surface area contributed by atoms with Gasteiger partial charge in [-0.1, -0.05) is 47.6 Å². The number of ketones is 2. The summed E-state index contributed by atoms with van der Waals surface area (Å²) in [5.74, 6) is -1.63. The molecule has 1 unspecified atom stereocenters. The van der Waals surface area contributed by atoms with Gasteiger partial charge in [0, 0.05) is 22.7 Å². The van der Waals surface area contributed by atoms with Crippen molar-refractivity contribution in [2.45, 2.75) is 92.1 Å². The van der Waals surface area contributed by atoms with E-state index in [-0.39, 0.29) is 40.4 Å². The van der Waals surface area contributed by atoms with Crippen molar-refractivity contribution >= 4 is 17.5 Å². The predicted octanol–water partition coefficient (Wildman–Crippen LogP) is 5.10. The van der Waals surface area contributed by atoms with Crippen molar-refractivity contribution in [3.63, 3.8) is 0 Å².